The summed E-state index contributed by atoms with van der Waals surface area (Å²) in [6.45, 7) is 6.44. The summed E-state index contributed by atoms with van der Waals surface area (Å²) in [4.78, 5) is 1.22. The monoisotopic (exact) mass is 224 g/mol. The molecule has 0 fully saturated rings. The third kappa shape index (κ3) is 3.88. The van der Waals surface area contributed by atoms with Crippen LogP contribution in [-0.4, -0.2) is 10.9 Å². The topological polar surface area (TPSA) is 20.2 Å². The molecule has 1 aromatic carbocycles. The highest BCUT2D eigenvalue weighted by Gasteiger charge is 2.10. The Morgan fingerprint density at radius 1 is 1.27 bits per heavy atom. The SMILES string of the molecule is CCC(O)c1ccccc1SCC(C)C. The van der Waals surface area contributed by atoms with Crippen LogP contribution in [0.25, 0.3) is 0 Å². The van der Waals surface area contributed by atoms with Crippen molar-refractivity contribution in [3.05, 3.63) is 29.8 Å². The van der Waals surface area contributed by atoms with Gasteiger partial charge in [-0.15, -0.1) is 11.8 Å². The van der Waals surface area contributed by atoms with Gasteiger partial charge in [0.2, 0.25) is 0 Å². The number of hydrogen-bond acceptors (Lipinski definition) is 2. The Morgan fingerprint density at radius 3 is 2.53 bits per heavy atom. The third-order valence-corrected chi connectivity index (χ3v) is 3.75. The van der Waals surface area contributed by atoms with Gasteiger partial charge in [0, 0.05) is 10.6 Å². The summed E-state index contributed by atoms with van der Waals surface area (Å²) in [6, 6.07) is 8.15. The summed E-state index contributed by atoms with van der Waals surface area (Å²) >= 11 is 1.84. The van der Waals surface area contributed by atoms with Crippen LogP contribution in [0.3, 0.4) is 0 Å². The highest BCUT2D eigenvalue weighted by molar-refractivity contribution is 7.99. The molecule has 0 saturated heterocycles. The van der Waals surface area contributed by atoms with Gasteiger partial charge in [-0.1, -0.05) is 39.0 Å². The van der Waals surface area contributed by atoms with Gasteiger partial charge in [0.1, 0.15) is 0 Å². The van der Waals surface area contributed by atoms with E-state index in [0.29, 0.717) is 5.92 Å². The van der Waals surface area contributed by atoms with Crippen molar-refractivity contribution in [2.75, 3.05) is 5.75 Å². The molecule has 84 valence electrons. The van der Waals surface area contributed by atoms with E-state index in [1.807, 2.05) is 36.9 Å². The number of thioether (sulfide) groups is 1. The second-order valence-corrected chi connectivity index (χ2v) is 5.23. The molecule has 1 unspecified atom stereocenters. The smallest absolute Gasteiger partial charge is 0.0798 e. The van der Waals surface area contributed by atoms with Crippen LogP contribution in [0.1, 0.15) is 38.9 Å². The fraction of sp³-hybridized carbons (Fsp3) is 0.538. The van der Waals surface area contributed by atoms with Crippen LogP contribution >= 0.6 is 11.8 Å². The molecule has 1 atom stereocenters. The first-order valence-corrected chi connectivity index (χ1v) is 6.53. The molecule has 0 amide bonds. The highest BCUT2D eigenvalue weighted by Crippen LogP contribution is 2.29. The molecular formula is C13H20OS. The lowest BCUT2D eigenvalue weighted by atomic mass is 10.1. The number of benzene rings is 1. The van der Waals surface area contributed by atoms with Crippen LogP contribution in [0.2, 0.25) is 0 Å². The molecular weight excluding hydrogens is 204 g/mol. The molecule has 0 bridgehead atoms. The molecule has 0 spiro atoms. The minimum Gasteiger partial charge on any atom is -0.388 e. The van der Waals surface area contributed by atoms with Crippen molar-refractivity contribution in [2.24, 2.45) is 5.92 Å². The van der Waals surface area contributed by atoms with E-state index < -0.39 is 0 Å². The average Bonchev–Trinajstić information content (AvgIpc) is 2.25. The number of rotatable bonds is 5. The standard InChI is InChI=1S/C13H20OS/c1-4-12(14)11-7-5-6-8-13(11)15-9-10(2)3/h5-8,10,12,14H,4,9H2,1-3H3. The fourth-order valence-corrected chi connectivity index (χ4v) is 2.42. The highest BCUT2D eigenvalue weighted by atomic mass is 32.2. The van der Waals surface area contributed by atoms with Gasteiger partial charge in [-0.05, 0) is 24.0 Å². The van der Waals surface area contributed by atoms with Crippen molar-refractivity contribution in [1.82, 2.24) is 0 Å². The van der Waals surface area contributed by atoms with E-state index in [2.05, 4.69) is 19.9 Å². The molecule has 2 heteroatoms. The maximum atomic E-state index is 9.86. The van der Waals surface area contributed by atoms with Crippen LogP contribution < -0.4 is 0 Å². The Balaban J connectivity index is 2.77. The van der Waals surface area contributed by atoms with Crippen LogP contribution in [0.15, 0.2) is 29.2 Å². The number of hydrogen-bond donors (Lipinski definition) is 1. The van der Waals surface area contributed by atoms with Crippen molar-refractivity contribution in [3.8, 4) is 0 Å². The van der Waals surface area contributed by atoms with Crippen molar-refractivity contribution >= 4 is 11.8 Å². The molecule has 0 radical (unpaired) electrons. The first kappa shape index (κ1) is 12.6. The number of aliphatic hydroxyl groups is 1. The third-order valence-electron chi connectivity index (χ3n) is 2.24. The van der Waals surface area contributed by atoms with Crippen LogP contribution in [0, 0.1) is 5.92 Å². The molecule has 0 saturated carbocycles. The van der Waals surface area contributed by atoms with Crippen molar-refractivity contribution in [2.45, 2.75) is 38.2 Å². The van der Waals surface area contributed by atoms with E-state index in [9.17, 15) is 5.11 Å². The zero-order valence-electron chi connectivity index (χ0n) is 9.73. The summed E-state index contributed by atoms with van der Waals surface area (Å²) < 4.78 is 0. The van der Waals surface area contributed by atoms with E-state index in [0.717, 1.165) is 17.7 Å². The molecule has 0 aliphatic heterocycles. The van der Waals surface area contributed by atoms with Gasteiger partial charge in [0.05, 0.1) is 6.10 Å². The maximum absolute atomic E-state index is 9.86. The summed E-state index contributed by atoms with van der Waals surface area (Å²) in [6.07, 6.45) is 0.458. The molecule has 1 aromatic rings. The summed E-state index contributed by atoms with van der Waals surface area (Å²) in [7, 11) is 0. The van der Waals surface area contributed by atoms with E-state index >= 15 is 0 Å². The van der Waals surface area contributed by atoms with Gasteiger partial charge in [0.25, 0.3) is 0 Å². The van der Waals surface area contributed by atoms with Crippen LogP contribution in [-0.2, 0) is 0 Å². The summed E-state index contributed by atoms with van der Waals surface area (Å²) in [5.74, 6) is 1.79. The van der Waals surface area contributed by atoms with Crippen molar-refractivity contribution < 1.29 is 5.11 Å². The summed E-state index contributed by atoms with van der Waals surface area (Å²) in [5, 5.41) is 9.86. The normalized spacial score (nSPS) is 13.1. The predicted molar refractivity (Wildman–Crippen MR) is 67.3 cm³/mol. The van der Waals surface area contributed by atoms with Gasteiger partial charge in [-0.25, -0.2) is 0 Å². The molecule has 1 rings (SSSR count). The second kappa shape index (κ2) is 6.19. The molecule has 1 N–H and O–H groups in total. The van der Waals surface area contributed by atoms with Gasteiger partial charge in [-0.3, -0.25) is 0 Å². The van der Waals surface area contributed by atoms with Crippen molar-refractivity contribution in [3.63, 3.8) is 0 Å². The molecule has 15 heavy (non-hydrogen) atoms. The zero-order chi connectivity index (χ0) is 11.3. The van der Waals surface area contributed by atoms with Crippen LogP contribution in [0.5, 0.6) is 0 Å². The lowest BCUT2D eigenvalue weighted by Gasteiger charge is -2.14. The summed E-state index contributed by atoms with van der Waals surface area (Å²) in [5.41, 5.74) is 1.07. The van der Waals surface area contributed by atoms with E-state index in [1.165, 1.54) is 4.90 Å². The average molecular weight is 224 g/mol. The van der Waals surface area contributed by atoms with Crippen LogP contribution in [0.4, 0.5) is 0 Å². The molecule has 0 aromatic heterocycles. The first-order valence-electron chi connectivity index (χ1n) is 5.55. The molecule has 0 heterocycles. The Kier molecular flexibility index (Phi) is 5.20. The predicted octanol–water partition coefficient (Wildman–Crippen LogP) is 3.88. The van der Waals surface area contributed by atoms with Gasteiger partial charge < -0.3 is 5.11 Å². The minimum atomic E-state index is -0.319. The van der Waals surface area contributed by atoms with Gasteiger partial charge >= 0.3 is 0 Å². The maximum Gasteiger partial charge on any atom is 0.0798 e. The fourth-order valence-electron chi connectivity index (χ4n) is 1.36. The molecule has 1 nitrogen and oxygen atoms in total. The van der Waals surface area contributed by atoms with Gasteiger partial charge in [-0.2, -0.15) is 0 Å². The zero-order valence-corrected chi connectivity index (χ0v) is 10.6. The Bertz CT molecular complexity index is 296. The van der Waals surface area contributed by atoms with E-state index in [4.69, 9.17) is 0 Å². The molecule has 0 aliphatic rings. The number of aliphatic hydroxyl groups excluding tert-OH is 1. The van der Waals surface area contributed by atoms with E-state index in [-0.39, 0.29) is 6.10 Å². The van der Waals surface area contributed by atoms with Crippen molar-refractivity contribution in [1.29, 1.82) is 0 Å². The quantitative estimate of drug-likeness (QED) is 0.766. The lowest BCUT2D eigenvalue weighted by molar-refractivity contribution is 0.171. The lowest BCUT2D eigenvalue weighted by Crippen LogP contribution is -1.98. The first-order chi connectivity index (χ1) is 7.15. The van der Waals surface area contributed by atoms with Gasteiger partial charge in [0.15, 0.2) is 0 Å². The molecule has 0 aliphatic carbocycles. The Hall–Kier alpha value is -0.470. The minimum absolute atomic E-state index is 0.319. The Labute approximate surface area is 96.9 Å². The largest absolute Gasteiger partial charge is 0.388 e. The second-order valence-electron chi connectivity index (χ2n) is 4.17. The Morgan fingerprint density at radius 2 is 1.93 bits per heavy atom. The van der Waals surface area contributed by atoms with E-state index in [1.54, 1.807) is 0 Å².